The molecule has 0 aromatic carbocycles. The zero-order valence-corrected chi connectivity index (χ0v) is 9.94. The SMILES string of the molecule is CSCCN(C)c1nnc(CCCl)o1. The van der Waals surface area contributed by atoms with E-state index in [0.717, 1.165) is 12.3 Å². The Labute approximate surface area is 93.0 Å². The molecule has 4 nitrogen and oxygen atoms in total. The third-order valence-electron chi connectivity index (χ3n) is 1.72. The van der Waals surface area contributed by atoms with Crippen molar-refractivity contribution >= 4 is 29.4 Å². The third-order valence-corrected chi connectivity index (χ3v) is 2.50. The first-order valence-corrected chi connectivity index (χ1v) is 6.29. The minimum atomic E-state index is 0.510. The van der Waals surface area contributed by atoms with Crippen LogP contribution in [0.25, 0.3) is 0 Å². The number of aromatic nitrogens is 2. The quantitative estimate of drug-likeness (QED) is 0.702. The molecular weight excluding hydrogens is 222 g/mol. The van der Waals surface area contributed by atoms with Crippen LogP contribution in [0.5, 0.6) is 0 Å². The minimum Gasteiger partial charge on any atom is -0.408 e. The molecule has 0 unspecified atom stereocenters. The number of hydrogen-bond donors (Lipinski definition) is 0. The van der Waals surface area contributed by atoms with Gasteiger partial charge in [0.25, 0.3) is 0 Å². The van der Waals surface area contributed by atoms with Crippen molar-refractivity contribution in [2.24, 2.45) is 0 Å². The van der Waals surface area contributed by atoms with Crippen LogP contribution >= 0.6 is 23.4 Å². The molecule has 14 heavy (non-hydrogen) atoms. The molecule has 1 heterocycles. The van der Waals surface area contributed by atoms with E-state index in [1.807, 2.05) is 11.9 Å². The predicted octanol–water partition coefficient (Wildman–Crippen LogP) is 1.65. The number of aryl methyl sites for hydroxylation is 1. The topological polar surface area (TPSA) is 42.2 Å². The second kappa shape index (κ2) is 6.14. The average Bonchev–Trinajstić information content (AvgIpc) is 2.63. The Kier molecular flexibility index (Phi) is 5.11. The van der Waals surface area contributed by atoms with Gasteiger partial charge < -0.3 is 9.32 Å². The van der Waals surface area contributed by atoms with E-state index in [1.54, 1.807) is 11.8 Å². The number of nitrogens with zero attached hydrogens (tertiary/aromatic N) is 3. The fourth-order valence-electron chi connectivity index (χ4n) is 0.905. The molecule has 0 bridgehead atoms. The highest BCUT2D eigenvalue weighted by Crippen LogP contribution is 2.11. The molecule has 0 saturated heterocycles. The molecule has 1 rings (SSSR count). The van der Waals surface area contributed by atoms with Gasteiger partial charge in [-0.3, -0.25) is 0 Å². The smallest absolute Gasteiger partial charge is 0.317 e. The van der Waals surface area contributed by atoms with Crippen molar-refractivity contribution in [3.05, 3.63) is 5.89 Å². The van der Waals surface area contributed by atoms with Gasteiger partial charge >= 0.3 is 6.01 Å². The van der Waals surface area contributed by atoms with E-state index in [0.29, 0.717) is 24.2 Å². The summed E-state index contributed by atoms with van der Waals surface area (Å²) >= 11 is 7.35. The van der Waals surface area contributed by atoms with E-state index in [-0.39, 0.29) is 0 Å². The molecule has 0 aliphatic carbocycles. The van der Waals surface area contributed by atoms with Crippen molar-refractivity contribution in [2.45, 2.75) is 6.42 Å². The summed E-state index contributed by atoms with van der Waals surface area (Å²) < 4.78 is 5.39. The minimum absolute atomic E-state index is 0.510. The first kappa shape index (κ1) is 11.7. The summed E-state index contributed by atoms with van der Waals surface area (Å²) in [5, 5.41) is 7.81. The van der Waals surface area contributed by atoms with Crippen LogP contribution in [0.1, 0.15) is 5.89 Å². The first-order valence-electron chi connectivity index (χ1n) is 4.36. The summed E-state index contributed by atoms with van der Waals surface area (Å²) in [5.41, 5.74) is 0. The van der Waals surface area contributed by atoms with Crippen LogP contribution < -0.4 is 4.90 Å². The van der Waals surface area contributed by atoms with Gasteiger partial charge in [0.05, 0.1) is 0 Å². The van der Waals surface area contributed by atoms with E-state index in [4.69, 9.17) is 16.0 Å². The molecule has 0 fully saturated rings. The normalized spacial score (nSPS) is 10.5. The van der Waals surface area contributed by atoms with Gasteiger partial charge in [-0.2, -0.15) is 11.8 Å². The maximum Gasteiger partial charge on any atom is 0.317 e. The zero-order valence-electron chi connectivity index (χ0n) is 8.36. The van der Waals surface area contributed by atoms with E-state index in [1.165, 1.54) is 0 Å². The Morgan fingerprint density at radius 1 is 1.50 bits per heavy atom. The average molecular weight is 236 g/mol. The Morgan fingerprint density at radius 2 is 2.29 bits per heavy atom. The number of hydrogen-bond acceptors (Lipinski definition) is 5. The largest absolute Gasteiger partial charge is 0.408 e. The molecule has 1 aromatic heterocycles. The molecule has 0 amide bonds. The first-order chi connectivity index (χ1) is 6.77. The molecule has 0 spiro atoms. The van der Waals surface area contributed by atoms with Gasteiger partial charge in [-0.25, -0.2) is 0 Å². The van der Waals surface area contributed by atoms with Crippen LogP contribution in [-0.2, 0) is 6.42 Å². The molecule has 6 heteroatoms. The molecular formula is C8H14ClN3OS. The second-order valence-electron chi connectivity index (χ2n) is 2.83. The lowest BCUT2D eigenvalue weighted by Gasteiger charge is -2.11. The molecule has 0 radical (unpaired) electrons. The van der Waals surface area contributed by atoms with Crippen LogP contribution in [0.4, 0.5) is 6.01 Å². The summed E-state index contributed by atoms with van der Waals surface area (Å²) in [5.74, 6) is 2.16. The van der Waals surface area contributed by atoms with Crippen LogP contribution in [-0.4, -0.2) is 41.7 Å². The summed E-state index contributed by atoms with van der Waals surface area (Å²) in [4.78, 5) is 1.95. The van der Waals surface area contributed by atoms with Gasteiger partial charge in [-0.05, 0) is 6.26 Å². The van der Waals surface area contributed by atoms with Gasteiger partial charge in [0.1, 0.15) is 0 Å². The molecule has 1 aromatic rings. The zero-order chi connectivity index (χ0) is 10.4. The Hall–Kier alpha value is -0.420. The van der Waals surface area contributed by atoms with E-state index >= 15 is 0 Å². The summed E-state index contributed by atoms with van der Waals surface area (Å²) in [7, 11) is 1.94. The molecule has 0 atom stereocenters. The molecule has 0 saturated carbocycles. The van der Waals surface area contributed by atoms with Crippen molar-refractivity contribution in [2.75, 3.05) is 36.4 Å². The van der Waals surface area contributed by atoms with Gasteiger partial charge in [0.15, 0.2) is 0 Å². The highest BCUT2D eigenvalue weighted by atomic mass is 35.5. The lowest BCUT2D eigenvalue weighted by atomic mass is 10.5. The predicted molar refractivity (Wildman–Crippen MR) is 60.4 cm³/mol. The van der Waals surface area contributed by atoms with Crippen LogP contribution in [0.2, 0.25) is 0 Å². The second-order valence-corrected chi connectivity index (χ2v) is 4.20. The maximum absolute atomic E-state index is 5.56. The lowest BCUT2D eigenvalue weighted by Crippen LogP contribution is -2.20. The van der Waals surface area contributed by atoms with Crippen molar-refractivity contribution in [1.29, 1.82) is 0 Å². The van der Waals surface area contributed by atoms with Crippen LogP contribution in [0.3, 0.4) is 0 Å². The highest BCUT2D eigenvalue weighted by Gasteiger charge is 2.09. The number of halogens is 1. The Balaban J connectivity index is 2.48. The van der Waals surface area contributed by atoms with E-state index < -0.39 is 0 Å². The van der Waals surface area contributed by atoms with Gasteiger partial charge in [0, 0.05) is 31.6 Å². The number of thioether (sulfide) groups is 1. The van der Waals surface area contributed by atoms with E-state index in [9.17, 15) is 0 Å². The molecule has 0 N–H and O–H groups in total. The lowest BCUT2D eigenvalue weighted by molar-refractivity contribution is 0.498. The van der Waals surface area contributed by atoms with Gasteiger partial charge in [-0.15, -0.1) is 16.7 Å². The fourth-order valence-corrected chi connectivity index (χ4v) is 1.52. The summed E-state index contributed by atoms with van der Waals surface area (Å²) in [6.07, 6.45) is 2.70. The Bertz CT molecular complexity index is 269. The number of anilines is 1. The standard InChI is InChI=1S/C8H14ClN3OS/c1-12(5-6-14-2)8-11-10-7(13-8)3-4-9/h3-6H2,1-2H3. The van der Waals surface area contributed by atoms with Crippen LogP contribution in [0, 0.1) is 0 Å². The van der Waals surface area contributed by atoms with Crippen LogP contribution in [0.15, 0.2) is 4.42 Å². The van der Waals surface area contributed by atoms with Crippen molar-refractivity contribution < 1.29 is 4.42 Å². The van der Waals surface area contributed by atoms with Crippen molar-refractivity contribution in [3.63, 3.8) is 0 Å². The van der Waals surface area contributed by atoms with Crippen molar-refractivity contribution in [1.82, 2.24) is 10.2 Å². The molecule has 80 valence electrons. The Morgan fingerprint density at radius 3 is 2.93 bits per heavy atom. The molecule has 0 aliphatic heterocycles. The number of rotatable bonds is 6. The van der Waals surface area contributed by atoms with Crippen molar-refractivity contribution in [3.8, 4) is 0 Å². The molecule has 0 aliphatic rings. The monoisotopic (exact) mass is 235 g/mol. The number of alkyl halides is 1. The van der Waals surface area contributed by atoms with E-state index in [2.05, 4.69) is 16.5 Å². The summed E-state index contributed by atoms with van der Waals surface area (Å²) in [6, 6.07) is 0.569. The van der Waals surface area contributed by atoms with Gasteiger partial charge in [-0.1, -0.05) is 5.10 Å². The van der Waals surface area contributed by atoms with Gasteiger partial charge in [0.2, 0.25) is 5.89 Å². The maximum atomic E-state index is 5.56. The fraction of sp³-hybridized carbons (Fsp3) is 0.750. The third kappa shape index (κ3) is 3.38. The summed E-state index contributed by atoms with van der Waals surface area (Å²) in [6.45, 7) is 0.906. The highest BCUT2D eigenvalue weighted by molar-refractivity contribution is 7.98.